The van der Waals surface area contributed by atoms with Gasteiger partial charge < -0.3 is 10.6 Å². The van der Waals surface area contributed by atoms with Crippen LogP contribution < -0.4 is 10.6 Å². The molecule has 1 fully saturated rings. The molecule has 18 heavy (non-hydrogen) atoms. The van der Waals surface area contributed by atoms with Gasteiger partial charge in [0.15, 0.2) is 0 Å². The van der Waals surface area contributed by atoms with Crippen LogP contribution in [0.25, 0.3) is 0 Å². The Morgan fingerprint density at radius 1 is 1.33 bits per heavy atom. The number of carbonyl (C=O) groups is 1. The minimum Gasteiger partial charge on any atom is -0.398 e. The topological polar surface area (TPSA) is 46.3 Å². The van der Waals surface area contributed by atoms with Crippen molar-refractivity contribution >= 4 is 17.3 Å². The van der Waals surface area contributed by atoms with Crippen molar-refractivity contribution in [3.8, 4) is 0 Å². The van der Waals surface area contributed by atoms with Crippen LogP contribution in [0.3, 0.4) is 0 Å². The summed E-state index contributed by atoms with van der Waals surface area (Å²) in [5, 5.41) is 0. The molecule has 3 nitrogen and oxygen atoms in total. The number of hydrogen-bond donors (Lipinski definition) is 1. The lowest BCUT2D eigenvalue weighted by molar-refractivity contribution is -0.122. The fourth-order valence-corrected chi connectivity index (χ4v) is 3.20. The van der Waals surface area contributed by atoms with Gasteiger partial charge in [-0.3, -0.25) is 4.79 Å². The molecule has 0 atom stereocenters. The highest BCUT2D eigenvalue weighted by Crippen LogP contribution is 2.35. The number of nitrogens with zero attached hydrogens (tertiary/aromatic N) is 1. The largest absolute Gasteiger partial charge is 0.398 e. The molecule has 2 N–H and O–H groups in total. The third-order valence-electron chi connectivity index (χ3n) is 4.33. The van der Waals surface area contributed by atoms with E-state index in [9.17, 15) is 4.79 Å². The van der Waals surface area contributed by atoms with Crippen LogP contribution in [0.15, 0.2) is 12.1 Å². The molecule has 1 amide bonds. The van der Waals surface area contributed by atoms with Crippen molar-refractivity contribution in [2.45, 2.75) is 39.0 Å². The van der Waals surface area contributed by atoms with Gasteiger partial charge in [0.05, 0.1) is 0 Å². The van der Waals surface area contributed by atoms with Crippen molar-refractivity contribution in [3.05, 3.63) is 23.3 Å². The molecule has 3 heteroatoms. The van der Waals surface area contributed by atoms with Gasteiger partial charge in [-0.05, 0) is 43.4 Å². The molecule has 1 aliphatic carbocycles. The van der Waals surface area contributed by atoms with E-state index in [0.29, 0.717) is 5.91 Å². The SMILES string of the molecule is Cc1cc2c(cc1N)N(C(=O)C1CCCC1)CC2. The Kier molecular flexibility index (Phi) is 2.77. The van der Waals surface area contributed by atoms with E-state index in [4.69, 9.17) is 5.73 Å². The predicted octanol–water partition coefficient (Wildman–Crippen LogP) is 2.66. The van der Waals surface area contributed by atoms with Crippen molar-refractivity contribution in [1.29, 1.82) is 0 Å². The summed E-state index contributed by atoms with van der Waals surface area (Å²) in [6.45, 7) is 2.85. The van der Waals surface area contributed by atoms with Crippen molar-refractivity contribution in [2.24, 2.45) is 5.92 Å². The Morgan fingerprint density at radius 2 is 2.06 bits per heavy atom. The average Bonchev–Trinajstić information content (AvgIpc) is 2.98. The average molecular weight is 244 g/mol. The molecular weight excluding hydrogens is 224 g/mol. The molecule has 1 heterocycles. The highest BCUT2D eigenvalue weighted by Gasteiger charge is 2.31. The van der Waals surface area contributed by atoms with Gasteiger partial charge in [0, 0.05) is 23.8 Å². The molecule has 3 rings (SSSR count). The molecule has 0 bridgehead atoms. The molecule has 1 aliphatic heterocycles. The molecule has 1 aromatic rings. The molecule has 2 aliphatic rings. The van der Waals surface area contributed by atoms with Crippen LogP contribution in [-0.4, -0.2) is 12.5 Å². The number of nitrogens with two attached hydrogens (primary N) is 1. The van der Waals surface area contributed by atoms with Crippen LogP contribution in [0.2, 0.25) is 0 Å². The Labute approximate surface area is 108 Å². The first kappa shape index (κ1) is 11.6. The summed E-state index contributed by atoms with van der Waals surface area (Å²) in [5.41, 5.74) is 10.2. The first-order valence-electron chi connectivity index (χ1n) is 6.87. The van der Waals surface area contributed by atoms with Crippen LogP contribution in [0, 0.1) is 12.8 Å². The number of fused-ring (bicyclic) bond motifs is 1. The summed E-state index contributed by atoms with van der Waals surface area (Å²) in [5.74, 6) is 0.563. The summed E-state index contributed by atoms with van der Waals surface area (Å²) < 4.78 is 0. The monoisotopic (exact) mass is 244 g/mol. The second-order valence-corrected chi connectivity index (χ2v) is 5.56. The van der Waals surface area contributed by atoms with E-state index >= 15 is 0 Å². The predicted molar refractivity (Wildman–Crippen MR) is 73.6 cm³/mol. The summed E-state index contributed by atoms with van der Waals surface area (Å²) >= 11 is 0. The fourth-order valence-electron chi connectivity index (χ4n) is 3.20. The molecule has 0 aromatic heterocycles. The highest BCUT2D eigenvalue weighted by molar-refractivity contribution is 5.97. The van der Waals surface area contributed by atoms with Crippen LogP contribution >= 0.6 is 0 Å². The maximum absolute atomic E-state index is 12.5. The lowest BCUT2D eigenvalue weighted by Gasteiger charge is -2.21. The van der Waals surface area contributed by atoms with Crippen LogP contribution in [0.1, 0.15) is 36.8 Å². The number of aryl methyl sites for hydroxylation is 1. The number of hydrogen-bond acceptors (Lipinski definition) is 2. The molecule has 0 unspecified atom stereocenters. The van der Waals surface area contributed by atoms with E-state index < -0.39 is 0 Å². The molecular formula is C15H20N2O. The number of anilines is 2. The van der Waals surface area contributed by atoms with Crippen molar-refractivity contribution in [3.63, 3.8) is 0 Å². The van der Waals surface area contributed by atoms with Crippen LogP contribution in [0.5, 0.6) is 0 Å². The van der Waals surface area contributed by atoms with Gasteiger partial charge in [0.2, 0.25) is 5.91 Å². The number of benzene rings is 1. The highest BCUT2D eigenvalue weighted by atomic mass is 16.2. The number of carbonyl (C=O) groups excluding carboxylic acids is 1. The van der Waals surface area contributed by atoms with Crippen molar-refractivity contribution in [1.82, 2.24) is 0 Å². The normalized spacial score (nSPS) is 19.3. The zero-order valence-corrected chi connectivity index (χ0v) is 10.9. The smallest absolute Gasteiger partial charge is 0.230 e. The molecule has 0 spiro atoms. The van der Waals surface area contributed by atoms with E-state index in [1.54, 1.807) is 0 Å². The minimum atomic E-state index is 0.249. The van der Waals surface area contributed by atoms with Gasteiger partial charge >= 0.3 is 0 Å². The Balaban J connectivity index is 1.89. The van der Waals surface area contributed by atoms with E-state index in [2.05, 4.69) is 6.07 Å². The summed E-state index contributed by atoms with van der Waals surface area (Å²) in [7, 11) is 0. The third kappa shape index (κ3) is 1.78. The van der Waals surface area contributed by atoms with E-state index in [1.807, 2.05) is 17.9 Å². The lowest BCUT2D eigenvalue weighted by Crippen LogP contribution is -2.33. The Hall–Kier alpha value is -1.51. The zero-order chi connectivity index (χ0) is 12.7. The molecule has 0 radical (unpaired) electrons. The Morgan fingerprint density at radius 3 is 2.78 bits per heavy atom. The third-order valence-corrected chi connectivity index (χ3v) is 4.33. The molecule has 0 saturated heterocycles. The summed E-state index contributed by atoms with van der Waals surface area (Å²) in [4.78, 5) is 14.5. The van der Waals surface area contributed by atoms with Crippen LogP contribution in [0.4, 0.5) is 11.4 Å². The first-order chi connectivity index (χ1) is 8.66. The first-order valence-corrected chi connectivity index (χ1v) is 6.87. The van der Waals surface area contributed by atoms with Gasteiger partial charge in [-0.15, -0.1) is 0 Å². The number of rotatable bonds is 1. The number of nitrogen functional groups attached to an aromatic ring is 1. The Bertz CT molecular complexity index is 490. The lowest BCUT2D eigenvalue weighted by atomic mass is 10.1. The molecule has 96 valence electrons. The van der Waals surface area contributed by atoms with Gasteiger partial charge in [-0.2, -0.15) is 0 Å². The second-order valence-electron chi connectivity index (χ2n) is 5.56. The summed E-state index contributed by atoms with van der Waals surface area (Å²) in [6, 6.07) is 4.11. The maximum atomic E-state index is 12.5. The number of amides is 1. The van der Waals surface area contributed by atoms with Crippen molar-refractivity contribution in [2.75, 3.05) is 17.2 Å². The van der Waals surface area contributed by atoms with Crippen molar-refractivity contribution < 1.29 is 4.79 Å². The standard InChI is InChI=1S/C15H20N2O/c1-10-8-12-6-7-17(14(12)9-13(10)16)15(18)11-4-2-3-5-11/h8-9,11H,2-7,16H2,1H3. The van der Waals surface area contributed by atoms with E-state index in [1.165, 1.54) is 18.4 Å². The maximum Gasteiger partial charge on any atom is 0.230 e. The summed E-state index contributed by atoms with van der Waals surface area (Å²) in [6.07, 6.45) is 5.49. The molecule has 1 aromatic carbocycles. The zero-order valence-electron chi connectivity index (χ0n) is 10.9. The van der Waals surface area contributed by atoms with Gasteiger partial charge in [-0.25, -0.2) is 0 Å². The quantitative estimate of drug-likeness (QED) is 0.772. The molecule has 1 saturated carbocycles. The second kappa shape index (κ2) is 4.30. The minimum absolute atomic E-state index is 0.249. The van der Waals surface area contributed by atoms with E-state index in [-0.39, 0.29) is 5.92 Å². The van der Waals surface area contributed by atoms with Gasteiger partial charge in [-0.1, -0.05) is 18.9 Å². The van der Waals surface area contributed by atoms with Crippen LogP contribution in [-0.2, 0) is 11.2 Å². The van der Waals surface area contributed by atoms with E-state index in [0.717, 1.165) is 42.7 Å². The van der Waals surface area contributed by atoms with Gasteiger partial charge in [0.1, 0.15) is 0 Å². The van der Waals surface area contributed by atoms with Gasteiger partial charge in [0.25, 0.3) is 0 Å². The fraction of sp³-hybridized carbons (Fsp3) is 0.533.